The third-order valence-corrected chi connectivity index (χ3v) is 5.62. The number of para-hydroxylation sites is 1. The van der Waals surface area contributed by atoms with Gasteiger partial charge in [-0.15, -0.1) is 0 Å². The molecule has 1 heterocycles. The average Bonchev–Trinajstić information content (AvgIpc) is 2.75. The van der Waals surface area contributed by atoms with E-state index in [1.807, 2.05) is 55.5 Å². The summed E-state index contributed by atoms with van der Waals surface area (Å²) in [5.74, 6) is 0.0507. The van der Waals surface area contributed by atoms with Gasteiger partial charge in [0, 0.05) is 50.0 Å². The molecule has 1 amide bonds. The summed E-state index contributed by atoms with van der Waals surface area (Å²) in [4.78, 5) is 19.6. The molecular formula is C23H27ClN4O. The van der Waals surface area contributed by atoms with Crippen molar-refractivity contribution in [2.75, 3.05) is 37.6 Å². The standard InChI is InChI=1S/C23H27ClN4O/c1-19(23(29)28(12-6-11-25)22-9-3-2-4-10-22)27-15-13-26(14-16-27)18-20-7-5-8-21(24)17-20/h2-5,7-10,17,19H,6,12-16,18H2,1H3. The highest BCUT2D eigenvalue weighted by Gasteiger charge is 2.29. The Kier molecular flexibility index (Phi) is 7.65. The number of piperazine rings is 1. The van der Waals surface area contributed by atoms with Gasteiger partial charge in [0.1, 0.15) is 0 Å². The van der Waals surface area contributed by atoms with Crippen LogP contribution in [0.5, 0.6) is 0 Å². The van der Waals surface area contributed by atoms with E-state index in [1.165, 1.54) is 5.56 Å². The first-order chi connectivity index (χ1) is 14.1. The van der Waals surface area contributed by atoms with Crippen molar-refractivity contribution in [3.05, 3.63) is 65.2 Å². The van der Waals surface area contributed by atoms with Crippen LogP contribution in [0.25, 0.3) is 0 Å². The van der Waals surface area contributed by atoms with E-state index >= 15 is 0 Å². The molecule has 0 bridgehead atoms. The molecule has 152 valence electrons. The Hall–Kier alpha value is -2.39. The van der Waals surface area contributed by atoms with E-state index < -0.39 is 0 Å². The van der Waals surface area contributed by atoms with E-state index in [0.29, 0.717) is 13.0 Å². The van der Waals surface area contributed by atoms with Crippen LogP contribution in [0.2, 0.25) is 5.02 Å². The van der Waals surface area contributed by atoms with E-state index in [1.54, 1.807) is 4.90 Å². The minimum absolute atomic E-state index is 0.0507. The molecule has 0 spiro atoms. The van der Waals surface area contributed by atoms with Gasteiger partial charge >= 0.3 is 0 Å². The molecule has 0 aliphatic carbocycles. The number of rotatable bonds is 7. The van der Waals surface area contributed by atoms with E-state index in [-0.39, 0.29) is 11.9 Å². The maximum absolute atomic E-state index is 13.2. The predicted octanol–water partition coefficient (Wildman–Crippen LogP) is 3.79. The molecule has 1 aliphatic rings. The first-order valence-electron chi connectivity index (χ1n) is 10.0. The quantitative estimate of drug-likeness (QED) is 0.696. The zero-order valence-electron chi connectivity index (χ0n) is 16.8. The van der Waals surface area contributed by atoms with Gasteiger partial charge in [0.15, 0.2) is 0 Å². The summed E-state index contributed by atoms with van der Waals surface area (Å²) in [6.45, 7) is 6.76. The zero-order chi connectivity index (χ0) is 20.6. The Bertz CT molecular complexity index is 843. The fourth-order valence-electron chi connectivity index (χ4n) is 3.72. The first-order valence-corrected chi connectivity index (χ1v) is 10.4. The number of hydrogen-bond donors (Lipinski definition) is 0. The number of halogens is 1. The molecule has 0 radical (unpaired) electrons. The van der Waals surface area contributed by atoms with Crippen LogP contribution in [-0.2, 0) is 11.3 Å². The van der Waals surface area contributed by atoms with E-state index in [0.717, 1.165) is 43.4 Å². The van der Waals surface area contributed by atoms with Crippen LogP contribution in [0, 0.1) is 11.3 Å². The highest BCUT2D eigenvalue weighted by molar-refractivity contribution is 6.30. The van der Waals surface area contributed by atoms with E-state index in [2.05, 4.69) is 21.9 Å². The summed E-state index contributed by atoms with van der Waals surface area (Å²) in [6, 6.07) is 19.5. The number of carbonyl (C=O) groups excluding carboxylic acids is 1. The largest absolute Gasteiger partial charge is 0.310 e. The predicted molar refractivity (Wildman–Crippen MR) is 117 cm³/mol. The van der Waals surface area contributed by atoms with Crippen LogP contribution in [0.4, 0.5) is 5.69 Å². The lowest BCUT2D eigenvalue weighted by Gasteiger charge is -2.39. The van der Waals surface area contributed by atoms with Crippen molar-refractivity contribution in [1.29, 1.82) is 5.26 Å². The SMILES string of the molecule is CC(C(=O)N(CCC#N)c1ccccc1)N1CCN(Cc2cccc(Cl)c2)CC1. The number of hydrogen-bond acceptors (Lipinski definition) is 4. The second-order valence-corrected chi connectivity index (χ2v) is 7.79. The molecule has 1 unspecified atom stereocenters. The topological polar surface area (TPSA) is 50.6 Å². The number of benzene rings is 2. The molecule has 1 fully saturated rings. The van der Waals surface area contributed by atoms with Gasteiger partial charge in [-0.3, -0.25) is 14.6 Å². The molecule has 0 aromatic heterocycles. The Morgan fingerprint density at radius 3 is 2.52 bits per heavy atom. The maximum Gasteiger partial charge on any atom is 0.244 e. The molecule has 29 heavy (non-hydrogen) atoms. The van der Waals surface area contributed by atoms with Crippen molar-refractivity contribution in [2.24, 2.45) is 0 Å². The Morgan fingerprint density at radius 1 is 1.14 bits per heavy atom. The summed E-state index contributed by atoms with van der Waals surface area (Å²) in [5, 5.41) is 9.75. The second-order valence-electron chi connectivity index (χ2n) is 7.35. The minimum Gasteiger partial charge on any atom is -0.310 e. The van der Waals surface area contributed by atoms with Crippen molar-refractivity contribution >= 4 is 23.2 Å². The molecule has 5 nitrogen and oxygen atoms in total. The zero-order valence-corrected chi connectivity index (χ0v) is 17.6. The van der Waals surface area contributed by atoms with Crippen molar-refractivity contribution in [1.82, 2.24) is 9.80 Å². The van der Waals surface area contributed by atoms with Crippen LogP contribution in [-0.4, -0.2) is 54.5 Å². The smallest absolute Gasteiger partial charge is 0.244 e. The molecule has 1 aliphatic heterocycles. The molecule has 0 saturated carbocycles. The third-order valence-electron chi connectivity index (χ3n) is 5.39. The normalized spacial score (nSPS) is 16.2. The molecule has 6 heteroatoms. The number of carbonyl (C=O) groups is 1. The molecular weight excluding hydrogens is 384 g/mol. The van der Waals surface area contributed by atoms with E-state index in [9.17, 15) is 4.79 Å². The molecule has 2 aromatic carbocycles. The van der Waals surface area contributed by atoms with Crippen LogP contribution in [0.1, 0.15) is 18.9 Å². The van der Waals surface area contributed by atoms with Gasteiger partial charge in [0.05, 0.1) is 18.5 Å². The molecule has 2 aromatic rings. The molecule has 1 atom stereocenters. The van der Waals surface area contributed by atoms with Crippen LogP contribution in [0.15, 0.2) is 54.6 Å². The monoisotopic (exact) mass is 410 g/mol. The lowest BCUT2D eigenvalue weighted by Crippen LogP contribution is -2.54. The summed E-state index contributed by atoms with van der Waals surface area (Å²) in [7, 11) is 0. The van der Waals surface area contributed by atoms with Gasteiger partial charge in [0.25, 0.3) is 0 Å². The summed E-state index contributed by atoms with van der Waals surface area (Å²) >= 11 is 6.09. The minimum atomic E-state index is -0.220. The summed E-state index contributed by atoms with van der Waals surface area (Å²) < 4.78 is 0. The van der Waals surface area contributed by atoms with Crippen molar-refractivity contribution < 1.29 is 4.79 Å². The highest BCUT2D eigenvalue weighted by atomic mass is 35.5. The van der Waals surface area contributed by atoms with Crippen LogP contribution >= 0.6 is 11.6 Å². The summed E-state index contributed by atoms with van der Waals surface area (Å²) in [6.07, 6.45) is 0.320. The van der Waals surface area contributed by atoms with Gasteiger partial charge in [0.2, 0.25) is 5.91 Å². The van der Waals surface area contributed by atoms with Gasteiger partial charge in [-0.05, 0) is 36.8 Å². The molecule has 1 saturated heterocycles. The Labute approximate surface area is 178 Å². The second kappa shape index (κ2) is 10.4. The Balaban J connectivity index is 1.59. The third kappa shape index (κ3) is 5.80. The molecule has 3 rings (SSSR count). The van der Waals surface area contributed by atoms with Crippen LogP contribution in [0.3, 0.4) is 0 Å². The van der Waals surface area contributed by atoms with Crippen molar-refractivity contribution in [3.8, 4) is 6.07 Å². The highest BCUT2D eigenvalue weighted by Crippen LogP contribution is 2.19. The van der Waals surface area contributed by atoms with Crippen LogP contribution < -0.4 is 4.90 Å². The fourth-order valence-corrected chi connectivity index (χ4v) is 3.93. The van der Waals surface area contributed by atoms with Gasteiger partial charge in [-0.1, -0.05) is 41.9 Å². The number of anilines is 1. The lowest BCUT2D eigenvalue weighted by atomic mass is 10.1. The first kappa shape index (κ1) is 21.3. The number of amides is 1. The van der Waals surface area contributed by atoms with Crippen molar-refractivity contribution in [2.45, 2.75) is 25.9 Å². The Morgan fingerprint density at radius 2 is 1.86 bits per heavy atom. The summed E-state index contributed by atoms with van der Waals surface area (Å²) in [5.41, 5.74) is 2.06. The lowest BCUT2D eigenvalue weighted by molar-refractivity contribution is -0.124. The van der Waals surface area contributed by atoms with Gasteiger partial charge in [-0.2, -0.15) is 5.26 Å². The average molecular weight is 411 g/mol. The fraction of sp³-hybridized carbons (Fsp3) is 0.391. The maximum atomic E-state index is 13.2. The van der Waals surface area contributed by atoms with Gasteiger partial charge in [-0.25, -0.2) is 0 Å². The van der Waals surface area contributed by atoms with Crippen molar-refractivity contribution in [3.63, 3.8) is 0 Å². The molecule has 0 N–H and O–H groups in total. The number of nitrogens with zero attached hydrogens (tertiary/aromatic N) is 4. The van der Waals surface area contributed by atoms with E-state index in [4.69, 9.17) is 16.9 Å². The number of nitriles is 1. The van der Waals surface area contributed by atoms with Gasteiger partial charge < -0.3 is 4.90 Å².